The summed E-state index contributed by atoms with van der Waals surface area (Å²) >= 11 is 0. The van der Waals surface area contributed by atoms with Crippen LogP contribution in [-0.4, -0.2) is 12.5 Å². The van der Waals surface area contributed by atoms with Crippen LogP contribution in [0.4, 0.5) is 5.69 Å². The van der Waals surface area contributed by atoms with E-state index >= 15 is 0 Å². The summed E-state index contributed by atoms with van der Waals surface area (Å²) in [6.07, 6.45) is 0. The van der Waals surface area contributed by atoms with Gasteiger partial charge < -0.3 is 10.1 Å². The highest BCUT2D eigenvalue weighted by atomic mass is 16.5. The number of nitrogens with one attached hydrogen (secondary N) is 1. The van der Waals surface area contributed by atoms with E-state index in [1.807, 2.05) is 27.7 Å². The first kappa shape index (κ1) is 11.0. The largest absolute Gasteiger partial charge is 0.490 e. The van der Waals surface area contributed by atoms with Gasteiger partial charge in [-0.05, 0) is 37.5 Å². The minimum Gasteiger partial charge on any atom is -0.490 e. The van der Waals surface area contributed by atoms with Crippen molar-refractivity contribution in [1.82, 2.24) is 0 Å². The molecule has 1 aliphatic rings. The summed E-state index contributed by atoms with van der Waals surface area (Å²) in [6, 6.07) is 2.09. The van der Waals surface area contributed by atoms with Gasteiger partial charge in [0.25, 0.3) is 0 Å². The minimum absolute atomic E-state index is 0.0341. The van der Waals surface area contributed by atoms with E-state index in [1.54, 1.807) is 0 Å². The van der Waals surface area contributed by atoms with Crippen molar-refractivity contribution in [3.63, 3.8) is 0 Å². The maximum Gasteiger partial charge on any atom is 0.230 e. The lowest BCUT2D eigenvalue weighted by Gasteiger charge is -2.15. The molecule has 0 aliphatic carbocycles. The summed E-state index contributed by atoms with van der Waals surface area (Å²) in [5.74, 6) is 0.749. The number of aryl methyl sites for hydroxylation is 2. The molecular weight excluding hydrogens is 202 g/mol. The van der Waals surface area contributed by atoms with Crippen molar-refractivity contribution in [2.45, 2.75) is 27.7 Å². The van der Waals surface area contributed by atoms with E-state index in [0.717, 1.165) is 22.6 Å². The highest BCUT2D eigenvalue weighted by Gasteiger charge is 2.23. The van der Waals surface area contributed by atoms with E-state index in [4.69, 9.17) is 4.74 Å². The van der Waals surface area contributed by atoms with Gasteiger partial charge in [-0.1, -0.05) is 13.0 Å². The fourth-order valence-corrected chi connectivity index (χ4v) is 1.93. The van der Waals surface area contributed by atoms with Crippen LogP contribution in [0, 0.1) is 26.7 Å². The summed E-state index contributed by atoms with van der Waals surface area (Å²) in [5, 5.41) is 2.96. The van der Waals surface area contributed by atoms with Crippen LogP contribution < -0.4 is 10.1 Å². The van der Waals surface area contributed by atoms with Gasteiger partial charge in [0.15, 0.2) is 0 Å². The van der Waals surface area contributed by atoms with Crippen molar-refractivity contribution in [2.75, 3.05) is 11.9 Å². The number of hydrogen-bond acceptors (Lipinski definition) is 2. The highest BCUT2D eigenvalue weighted by Crippen LogP contribution is 2.36. The van der Waals surface area contributed by atoms with Gasteiger partial charge in [-0.15, -0.1) is 0 Å². The Balaban J connectivity index is 2.57. The smallest absolute Gasteiger partial charge is 0.230 e. The summed E-state index contributed by atoms with van der Waals surface area (Å²) in [7, 11) is 0. The molecule has 0 saturated carbocycles. The fourth-order valence-electron chi connectivity index (χ4n) is 1.93. The van der Waals surface area contributed by atoms with E-state index in [9.17, 15) is 4.79 Å². The Morgan fingerprint density at radius 1 is 1.31 bits per heavy atom. The molecule has 0 bridgehead atoms. The molecule has 1 N–H and O–H groups in total. The summed E-state index contributed by atoms with van der Waals surface area (Å²) in [4.78, 5) is 11.8. The van der Waals surface area contributed by atoms with Crippen molar-refractivity contribution >= 4 is 11.6 Å². The number of fused-ring (bicyclic) bond motifs is 1. The molecule has 1 aromatic carbocycles. The van der Waals surface area contributed by atoms with E-state index < -0.39 is 0 Å². The van der Waals surface area contributed by atoms with Crippen molar-refractivity contribution in [3.8, 4) is 5.75 Å². The van der Waals surface area contributed by atoms with Gasteiger partial charge in [0.2, 0.25) is 5.91 Å². The number of amides is 1. The zero-order chi connectivity index (χ0) is 11.9. The van der Waals surface area contributed by atoms with Gasteiger partial charge in [0, 0.05) is 0 Å². The highest BCUT2D eigenvalue weighted by molar-refractivity contribution is 5.96. The molecule has 3 nitrogen and oxygen atoms in total. The number of ether oxygens (including phenoxy) is 1. The number of benzene rings is 1. The summed E-state index contributed by atoms with van der Waals surface area (Å²) < 4.78 is 5.71. The number of carbonyl (C=O) groups excluding carboxylic acids is 1. The lowest BCUT2D eigenvalue weighted by molar-refractivity contribution is -0.119. The van der Waals surface area contributed by atoms with Crippen LogP contribution in [0.15, 0.2) is 6.07 Å². The molecule has 1 atom stereocenters. The summed E-state index contributed by atoms with van der Waals surface area (Å²) in [5.41, 5.74) is 4.18. The predicted molar refractivity (Wildman–Crippen MR) is 63.9 cm³/mol. The topological polar surface area (TPSA) is 38.3 Å². The number of anilines is 1. The van der Waals surface area contributed by atoms with Crippen molar-refractivity contribution < 1.29 is 9.53 Å². The second kappa shape index (κ2) is 3.81. The third-order valence-electron chi connectivity index (χ3n) is 3.16. The van der Waals surface area contributed by atoms with Gasteiger partial charge in [-0.2, -0.15) is 0 Å². The predicted octanol–water partition coefficient (Wildman–Crippen LogP) is 2.58. The molecule has 0 saturated heterocycles. The molecule has 1 amide bonds. The molecule has 0 aromatic heterocycles. The molecule has 2 rings (SSSR count). The molecule has 0 spiro atoms. The lowest BCUT2D eigenvalue weighted by atomic mass is 10.0. The molecule has 1 aromatic rings. The molecule has 1 heterocycles. The van der Waals surface area contributed by atoms with Crippen LogP contribution in [0.1, 0.15) is 23.6 Å². The maximum atomic E-state index is 11.8. The Kier molecular flexibility index (Phi) is 2.62. The zero-order valence-corrected chi connectivity index (χ0v) is 10.2. The first-order valence-electron chi connectivity index (χ1n) is 5.55. The monoisotopic (exact) mass is 219 g/mol. The summed E-state index contributed by atoms with van der Waals surface area (Å²) in [6.45, 7) is 8.38. The van der Waals surface area contributed by atoms with Gasteiger partial charge in [-0.25, -0.2) is 0 Å². The van der Waals surface area contributed by atoms with Gasteiger partial charge in [0.1, 0.15) is 5.75 Å². The van der Waals surface area contributed by atoms with Crippen molar-refractivity contribution in [1.29, 1.82) is 0 Å². The first-order valence-corrected chi connectivity index (χ1v) is 5.55. The Morgan fingerprint density at radius 3 is 2.69 bits per heavy atom. The first-order chi connectivity index (χ1) is 7.50. The van der Waals surface area contributed by atoms with Gasteiger partial charge in [-0.3, -0.25) is 4.79 Å². The Bertz CT molecular complexity index is 452. The van der Waals surface area contributed by atoms with E-state index in [-0.39, 0.29) is 11.8 Å². The molecule has 86 valence electrons. The van der Waals surface area contributed by atoms with E-state index in [0.29, 0.717) is 6.61 Å². The van der Waals surface area contributed by atoms with Gasteiger partial charge in [0.05, 0.1) is 18.2 Å². The second-order valence-corrected chi connectivity index (χ2v) is 4.54. The minimum atomic E-state index is -0.105. The van der Waals surface area contributed by atoms with Crippen molar-refractivity contribution in [3.05, 3.63) is 22.8 Å². The molecular formula is C13H17NO2. The standard InChI is InChI=1S/C13H17NO2/c1-7-5-8(2)12-11(10(7)4)14-13(15)9(3)6-16-12/h5,9H,6H2,1-4H3,(H,14,15). The number of rotatable bonds is 0. The molecule has 1 aliphatic heterocycles. The van der Waals surface area contributed by atoms with Crippen LogP contribution in [-0.2, 0) is 4.79 Å². The van der Waals surface area contributed by atoms with Crippen LogP contribution in [0.5, 0.6) is 5.75 Å². The van der Waals surface area contributed by atoms with Gasteiger partial charge >= 0.3 is 0 Å². The Hall–Kier alpha value is -1.51. The second-order valence-electron chi connectivity index (χ2n) is 4.54. The fraction of sp³-hybridized carbons (Fsp3) is 0.462. The lowest BCUT2D eigenvalue weighted by Crippen LogP contribution is -2.22. The van der Waals surface area contributed by atoms with E-state index in [2.05, 4.69) is 11.4 Å². The zero-order valence-electron chi connectivity index (χ0n) is 10.2. The van der Waals surface area contributed by atoms with Crippen LogP contribution >= 0.6 is 0 Å². The molecule has 0 fully saturated rings. The van der Waals surface area contributed by atoms with Crippen molar-refractivity contribution in [2.24, 2.45) is 5.92 Å². The normalized spacial score (nSPS) is 19.5. The number of carbonyl (C=O) groups is 1. The quantitative estimate of drug-likeness (QED) is 0.728. The van der Waals surface area contributed by atoms with Crippen LogP contribution in [0.25, 0.3) is 0 Å². The van der Waals surface area contributed by atoms with Crippen LogP contribution in [0.3, 0.4) is 0 Å². The molecule has 3 heteroatoms. The number of hydrogen-bond donors (Lipinski definition) is 1. The SMILES string of the molecule is Cc1cc(C)c2c(c1C)NC(=O)C(C)CO2. The Labute approximate surface area is 95.8 Å². The molecule has 16 heavy (non-hydrogen) atoms. The average molecular weight is 219 g/mol. The van der Waals surface area contributed by atoms with Crippen LogP contribution in [0.2, 0.25) is 0 Å². The Morgan fingerprint density at radius 2 is 2.00 bits per heavy atom. The van der Waals surface area contributed by atoms with E-state index in [1.165, 1.54) is 5.56 Å². The third-order valence-corrected chi connectivity index (χ3v) is 3.16. The molecule has 0 radical (unpaired) electrons. The maximum absolute atomic E-state index is 11.8. The average Bonchev–Trinajstić information content (AvgIpc) is 2.37. The third kappa shape index (κ3) is 1.66. The molecule has 1 unspecified atom stereocenters.